The normalized spacial score (nSPS) is 27.3. The predicted molar refractivity (Wildman–Crippen MR) is 123 cm³/mol. The van der Waals surface area contributed by atoms with Gasteiger partial charge in [-0.3, -0.25) is 4.79 Å². The number of ketones is 1. The van der Waals surface area contributed by atoms with Gasteiger partial charge in [0.25, 0.3) is 0 Å². The van der Waals surface area contributed by atoms with Gasteiger partial charge in [0.15, 0.2) is 0 Å². The van der Waals surface area contributed by atoms with Crippen molar-refractivity contribution in [1.29, 1.82) is 0 Å². The molecule has 4 rings (SSSR count). The zero-order valence-corrected chi connectivity index (χ0v) is 18.8. The molecule has 0 aromatic heterocycles. The van der Waals surface area contributed by atoms with Gasteiger partial charge in [-0.05, 0) is 79.2 Å². The summed E-state index contributed by atoms with van der Waals surface area (Å²) in [5.41, 5.74) is 6.46. The molecule has 0 saturated heterocycles. The maximum absolute atomic E-state index is 11.9. The number of aliphatic hydroxyl groups excluding tert-OH is 1. The first-order valence-electron chi connectivity index (χ1n) is 11.9. The zero-order valence-electron chi connectivity index (χ0n) is 18.8. The molecule has 3 heteroatoms. The van der Waals surface area contributed by atoms with Gasteiger partial charge in [0.1, 0.15) is 11.5 Å². The number of hydrogen-bond acceptors (Lipinski definition) is 3. The molecule has 1 aliphatic heterocycles. The third-order valence-electron chi connectivity index (χ3n) is 6.94. The fourth-order valence-electron chi connectivity index (χ4n) is 5.13. The lowest BCUT2D eigenvalue weighted by Crippen LogP contribution is -2.29. The van der Waals surface area contributed by atoms with Crippen LogP contribution in [0.15, 0.2) is 57.9 Å². The van der Waals surface area contributed by atoms with E-state index in [0.717, 1.165) is 50.6 Å². The van der Waals surface area contributed by atoms with Gasteiger partial charge in [-0.15, -0.1) is 0 Å². The highest BCUT2D eigenvalue weighted by molar-refractivity contribution is 5.78. The summed E-state index contributed by atoms with van der Waals surface area (Å²) in [6, 6.07) is 0.338. The minimum absolute atomic E-state index is 0.338. The maximum Gasteiger partial charge on any atom is 0.133 e. The highest BCUT2D eigenvalue weighted by Gasteiger charge is 2.38. The highest BCUT2D eigenvalue weighted by atomic mass is 16.3. The summed E-state index contributed by atoms with van der Waals surface area (Å²) in [4.78, 5) is 11.9. The first-order chi connectivity index (χ1) is 14.4. The second-order valence-corrected chi connectivity index (χ2v) is 10.1. The summed E-state index contributed by atoms with van der Waals surface area (Å²) in [6.45, 7) is 7.39. The molecule has 1 saturated carbocycles. The van der Waals surface area contributed by atoms with Crippen molar-refractivity contribution in [2.24, 2.45) is 17.8 Å². The molecule has 0 radical (unpaired) electrons. The molecule has 3 atom stereocenters. The number of fused-ring (bicyclic) bond motifs is 2. The van der Waals surface area contributed by atoms with Crippen LogP contribution >= 0.6 is 0 Å². The number of carbonyl (C=O) groups is 1. The van der Waals surface area contributed by atoms with Gasteiger partial charge >= 0.3 is 0 Å². The van der Waals surface area contributed by atoms with Crippen molar-refractivity contribution in [3.05, 3.63) is 57.9 Å². The monoisotopic (exact) mass is 407 g/mol. The van der Waals surface area contributed by atoms with E-state index in [1.54, 1.807) is 0 Å². The Morgan fingerprint density at radius 1 is 1.13 bits per heavy atom. The van der Waals surface area contributed by atoms with Crippen molar-refractivity contribution >= 4 is 5.78 Å². The van der Waals surface area contributed by atoms with Gasteiger partial charge in [0, 0.05) is 25.0 Å². The van der Waals surface area contributed by atoms with E-state index in [4.69, 9.17) is 0 Å². The summed E-state index contributed by atoms with van der Waals surface area (Å²) < 4.78 is 0. The molecule has 4 aliphatic rings. The highest BCUT2D eigenvalue weighted by Crippen LogP contribution is 2.48. The van der Waals surface area contributed by atoms with Crippen LogP contribution in [0, 0.1) is 17.8 Å². The molecule has 2 N–H and O–H groups in total. The SMILES string of the molecule is CC1=C2C=C(C3=CC4CC4C=C3O)C=C(CCCCCCC(=O)CC(C)C)C2NC1. The number of allylic oxidation sites excluding steroid dienone is 4. The van der Waals surface area contributed by atoms with E-state index in [2.05, 4.69) is 50.4 Å². The van der Waals surface area contributed by atoms with Gasteiger partial charge in [0.05, 0.1) is 6.04 Å². The summed E-state index contributed by atoms with van der Waals surface area (Å²) in [5.74, 6) is 2.55. The average Bonchev–Trinajstić information content (AvgIpc) is 3.35. The molecule has 1 heterocycles. The maximum atomic E-state index is 11.9. The Hall–Kier alpha value is -1.87. The molecule has 0 spiro atoms. The fourth-order valence-corrected chi connectivity index (χ4v) is 5.13. The first-order valence-corrected chi connectivity index (χ1v) is 11.9. The standard InChI is InChI=1S/C27H37NO2/c1-17(2)10-23(29)9-7-5-4-6-8-19-11-22(14-24-18(3)16-28-27(19)24)25-13-20-12-21(20)15-26(25)30/h11,13-15,17,20-21,27-28,30H,4-10,12,16H2,1-3H3. The minimum Gasteiger partial charge on any atom is -0.508 e. The van der Waals surface area contributed by atoms with Gasteiger partial charge in [-0.2, -0.15) is 0 Å². The summed E-state index contributed by atoms with van der Waals surface area (Å²) in [5, 5.41) is 14.2. The topological polar surface area (TPSA) is 49.3 Å². The van der Waals surface area contributed by atoms with Gasteiger partial charge in [-0.25, -0.2) is 0 Å². The van der Waals surface area contributed by atoms with Crippen molar-refractivity contribution < 1.29 is 9.90 Å². The Morgan fingerprint density at radius 3 is 2.70 bits per heavy atom. The molecule has 3 nitrogen and oxygen atoms in total. The minimum atomic E-state index is 0.338. The smallest absolute Gasteiger partial charge is 0.133 e. The lowest BCUT2D eigenvalue weighted by molar-refractivity contribution is -0.119. The molecule has 0 bridgehead atoms. The van der Waals surface area contributed by atoms with Crippen LogP contribution in [-0.4, -0.2) is 23.5 Å². The average molecular weight is 408 g/mol. The molecule has 3 unspecified atom stereocenters. The van der Waals surface area contributed by atoms with E-state index < -0.39 is 0 Å². The molecular formula is C27H37NO2. The van der Waals surface area contributed by atoms with E-state index in [1.807, 2.05) is 0 Å². The molecule has 0 amide bonds. The lowest BCUT2D eigenvalue weighted by atomic mass is 9.83. The van der Waals surface area contributed by atoms with E-state index in [0.29, 0.717) is 35.3 Å². The Bertz CT molecular complexity index is 852. The van der Waals surface area contributed by atoms with Crippen LogP contribution < -0.4 is 5.32 Å². The number of aliphatic hydroxyl groups is 1. The van der Waals surface area contributed by atoms with Crippen LogP contribution in [0.2, 0.25) is 0 Å². The predicted octanol–water partition coefficient (Wildman–Crippen LogP) is 6.11. The Balaban J connectivity index is 1.34. The van der Waals surface area contributed by atoms with Crippen molar-refractivity contribution in [3.8, 4) is 0 Å². The molecule has 0 aromatic carbocycles. The molecule has 30 heavy (non-hydrogen) atoms. The van der Waals surface area contributed by atoms with Crippen molar-refractivity contribution in [2.45, 2.75) is 78.2 Å². The molecule has 3 aliphatic carbocycles. The fraction of sp³-hybridized carbons (Fsp3) is 0.593. The lowest BCUT2D eigenvalue weighted by Gasteiger charge is -2.25. The van der Waals surface area contributed by atoms with E-state index >= 15 is 0 Å². The molecule has 1 fully saturated rings. The van der Waals surface area contributed by atoms with Crippen molar-refractivity contribution in [1.82, 2.24) is 5.32 Å². The van der Waals surface area contributed by atoms with Gasteiger partial charge in [-0.1, -0.05) is 44.4 Å². The Labute approximate surface area is 181 Å². The van der Waals surface area contributed by atoms with Crippen LogP contribution in [0.25, 0.3) is 0 Å². The van der Waals surface area contributed by atoms with Crippen LogP contribution in [-0.2, 0) is 4.79 Å². The number of carbonyl (C=O) groups excluding carboxylic acids is 1. The quantitative estimate of drug-likeness (QED) is 0.429. The second-order valence-electron chi connectivity index (χ2n) is 10.1. The number of nitrogens with one attached hydrogen (secondary N) is 1. The van der Waals surface area contributed by atoms with Crippen molar-refractivity contribution in [3.63, 3.8) is 0 Å². The first kappa shape index (κ1) is 21.4. The molecule has 162 valence electrons. The summed E-state index contributed by atoms with van der Waals surface area (Å²) in [6.07, 6.45) is 17.2. The zero-order chi connectivity index (χ0) is 21.3. The number of hydrogen-bond donors (Lipinski definition) is 2. The number of rotatable bonds is 10. The second kappa shape index (κ2) is 9.09. The van der Waals surface area contributed by atoms with E-state index in [9.17, 15) is 9.90 Å². The summed E-state index contributed by atoms with van der Waals surface area (Å²) >= 11 is 0. The van der Waals surface area contributed by atoms with Crippen LogP contribution in [0.5, 0.6) is 0 Å². The van der Waals surface area contributed by atoms with Crippen molar-refractivity contribution in [2.75, 3.05) is 6.54 Å². The van der Waals surface area contributed by atoms with Crippen LogP contribution in [0.4, 0.5) is 0 Å². The Kier molecular flexibility index (Phi) is 6.48. The van der Waals surface area contributed by atoms with Crippen LogP contribution in [0.1, 0.15) is 72.1 Å². The molecular weight excluding hydrogens is 370 g/mol. The van der Waals surface area contributed by atoms with Gasteiger partial charge in [0.2, 0.25) is 0 Å². The van der Waals surface area contributed by atoms with E-state index in [1.165, 1.54) is 35.1 Å². The Morgan fingerprint density at radius 2 is 1.90 bits per heavy atom. The molecule has 0 aromatic rings. The van der Waals surface area contributed by atoms with E-state index in [-0.39, 0.29) is 0 Å². The van der Waals surface area contributed by atoms with Crippen LogP contribution in [0.3, 0.4) is 0 Å². The third-order valence-corrected chi connectivity index (χ3v) is 6.94. The summed E-state index contributed by atoms with van der Waals surface area (Å²) in [7, 11) is 0. The number of Topliss-reactive ketones (excluding diaryl/α,β-unsaturated/α-hetero) is 1. The third kappa shape index (κ3) is 4.88. The number of unbranched alkanes of at least 4 members (excludes halogenated alkanes) is 3. The van der Waals surface area contributed by atoms with Gasteiger partial charge < -0.3 is 10.4 Å². The largest absolute Gasteiger partial charge is 0.508 e.